The third-order valence-corrected chi connectivity index (χ3v) is 2.32. The molecule has 0 aliphatic heterocycles. The fraction of sp³-hybridized carbons (Fsp3) is 0.667. The smallest absolute Gasteiger partial charge is 0.288 e. The van der Waals surface area contributed by atoms with E-state index in [-0.39, 0.29) is 25.0 Å². The Labute approximate surface area is 92.9 Å². The summed E-state index contributed by atoms with van der Waals surface area (Å²) in [4.78, 5) is 14.5. The summed E-state index contributed by atoms with van der Waals surface area (Å²) in [5, 5.41) is 21.6. The third-order valence-electron chi connectivity index (χ3n) is 2.32. The van der Waals surface area contributed by atoms with Crippen molar-refractivity contribution in [3.8, 4) is 0 Å². The highest BCUT2D eigenvalue weighted by atomic mass is 16.3. The number of rotatable bonds is 7. The van der Waals surface area contributed by atoms with E-state index in [4.69, 9.17) is 15.9 Å². The van der Waals surface area contributed by atoms with Crippen LogP contribution in [0.1, 0.15) is 23.5 Å². The zero-order chi connectivity index (χ0) is 12.0. The summed E-state index contributed by atoms with van der Waals surface area (Å²) in [5.74, 6) is -0.637. The van der Waals surface area contributed by atoms with Gasteiger partial charge in [0.05, 0.1) is 0 Å². The van der Waals surface area contributed by atoms with Crippen LogP contribution in [0.5, 0.6) is 0 Å². The van der Waals surface area contributed by atoms with Gasteiger partial charge >= 0.3 is 0 Å². The number of amides is 1. The molecule has 1 rings (SSSR count). The maximum Gasteiger partial charge on any atom is 0.288 e. The van der Waals surface area contributed by atoms with E-state index < -0.39 is 5.91 Å². The van der Waals surface area contributed by atoms with E-state index in [2.05, 4.69) is 10.1 Å². The number of hydrogen-bond acceptors (Lipinski definition) is 5. The van der Waals surface area contributed by atoms with Gasteiger partial charge in [0.15, 0.2) is 0 Å². The van der Waals surface area contributed by atoms with E-state index in [0.29, 0.717) is 19.4 Å². The van der Waals surface area contributed by atoms with Gasteiger partial charge in [-0.25, -0.2) is 4.98 Å². The second-order valence-electron chi connectivity index (χ2n) is 3.55. The Morgan fingerprint density at radius 1 is 1.50 bits per heavy atom. The average molecular weight is 228 g/mol. The maximum absolute atomic E-state index is 10.7. The molecule has 90 valence electrons. The van der Waals surface area contributed by atoms with E-state index in [0.717, 1.165) is 0 Å². The molecule has 7 nitrogen and oxygen atoms in total. The van der Waals surface area contributed by atoms with E-state index in [1.54, 1.807) is 0 Å². The van der Waals surface area contributed by atoms with Crippen molar-refractivity contribution < 1.29 is 15.0 Å². The first-order valence-corrected chi connectivity index (χ1v) is 5.08. The first kappa shape index (κ1) is 12.6. The zero-order valence-corrected chi connectivity index (χ0v) is 8.91. The Morgan fingerprint density at radius 2 is 2.25 bits per heavy atom. The fourth-order valence-corrected chi connectivity index (χ4v) is 1.34. The number of aliphatic hydroxyl groups is 2. The van der Waals surface area contributed by atoms with Crippen molar-refractivity contribution >= 4 is 5.91 Å². The van der Waals surface area contributed by atoms with Crippen molar-refractivity contribution in [3.05, 3.63) is 12.2 Å². The second-order valence-corrected chi connectivity index (χ2v) is 3.55. The Bertz CT molecular complexity index is 339. The summed E-state index contributed by atoms with van der Waals surface area (Å²) in [6, 6.07) is 0. The summed E-state index contributed by atoms with van der Waals surface area (Å²) >= 11 is 0. The summed E-state index contributed by atoms with van der Waals surface area (Å²) < 4.78 is 1.50. The molecule has 16 heavy (non-hydrogen) atoms. The summed E-state index contributed by atoms with van der Waals surface area (Å²) in [7, 11) is 0. The van der Waals surface area contributed by atoms with Crippen LogP contribution in [0.4, 0.5) is 0 Å². The number of primary amides is 1. The van der Waals surface area contributed by atoms with Gasteiger partial charge in [-0.2, -0.15) is 0 Å². The van der Waals surface area contributed by atoms with Crippen molar-refractivity contribution in [1.29, 1.82) is 0 Å². The lowest BCUT2D eigenvalue weighted by Gasteiger charge is -2.11. The highest BCUT2D eigenvalue weighted by Crippen LogP contribution is 2.08. The van der Waals surface area contributed by atoms with Crippen LogP contribution in [-0.2, 0) is 6.54 Å². The number of nitrogens with two attached hydrogens (primary N) is 1. The van der Waals surface area contributed by atoms with Gasteiger partial charge in [0.1, 0.15) is 6.33 Å². The molecular formula is C9H16N4O3. The number of carbonyl (C=O) groups excluding carboxylic acids is 1. The molecule has 0 aliphatic rings. The minimum absolute atomic E-state index is 0.0114. The minimum Gasteiger partial charge on any atom is -0.396 e. The number of carbonyl (C=O) groups is 1. The van der Waals surface area contributed by atoms with E-state index in [9.17, 15) is 4.79 Å². The monoisotopic (exact) mass is 228 g/mol. The van der Waals surface area contributed by atoms with Crippen LogP contribution < -0.4 is 5.73 Å². The Hall–Kier alpha value is -1.47. The molecule has 4 N–H and O–H groups in total. The van der Waals surface area contributed by atoms with Crippen molar-refractivity contribution in [1.82, 2.24) is 14.8 Å². The predicted octanol–water partition coefficient (Wildman–Crippen LogP) is -1.24. The fourth-order valence-electron chi connectivity index (χ4n) is 1.34. The molecule has 7 heteroatoms. The molecule has 1 amide bonds. The van der Waals surface area contributed by atoms with E-state index in [1.165, 1.54) is 11.0 Å². The lowest BCUT2D eigenvalue weighted by Crippen LogP contribution is -2.15. The molecule has 0 spiro atoms. The molecule has 1 atom stereocenters. The summed E-state index contributed by atoms with van der Waals surface area (Å²) in [5.41, 5.74) is 5.01. The normalized spacial score (nSPS) is 12.6. The van der Waals surface area contributed by atoms with Crippen LogP contribution in [0.15, 0.2) is 6.33 Å². The first-order chi connectivity index (χ1) is 7.67. The molecule has 0 fully saturated rings. The van der Waals surface area contributed by atoms with Gasteiger partial charge < -0.3 is 15.9 Å². The number of nitrogens with zero attached hydrogens (tertiary/aromatic N) is 3. The average Bonchev–Trinajstić information content (AvgIpc) is 2.73. The lowest BCUT2D eigenvalue weighted by atomic mass is 10.0. The van der Waals surface area contributed by atoms with E-state index >= 15 is 0 Å². The van der Waals surface area contributed by atoms with Crippen molar-refractivity contribution in [3.63, 3.8) is 0 Å². The van der Waals surface area contributed by atoms with Gasteiger partial charge in [-0.15, -0.1) is 5.10 Å². The van der Waals surface area contributed by atoms with E-state index in [1.807, 2.05) is 0 Å². The quantitative estimate of drug-likeness (QED) is 0.540. The molecular weight excluding hydrogens is 212 g/mol. The van der Waals surface area contributed by atoms with Crippen LogP contribution in [-0.4, -0.2) is 44.1 Å². The maximum atomic E-state index is 10.7. The Kier molecular flexibility index (Phi) is 4.87. The van der Waals surface area contributed by atoms with Crippen molar-refractivity contribution in [2.75, 3.05) is 13.2 Å². The van der Waals surface area contributed by atoms with Crippen LogP contribution in [0.25, 0.3) is 0 Å². The molecule has 0 saturated carbocycles. The van der Waals surface area contributed by atoms with Crippen LogP contribution in [0.2, 0.25) is 0 Å². The van der Waals surface area contributed by atoms with Crippen molar-refractivity contribution in [2.24, 2.45) is 11.7 Å². The van der Waals surface area contributed by atoms with Crippen molar-refractivity contribution in [2.45, 2.75) is 19.4 Å². The highest BCUT2D eigenvalue weighted by Gasteiger charge is 2.09. The van der Waals surface area contributed by atoms with Crippen LogP contribution >= 0.6 is 0 Å². The SMILES string of the molecule is NC(=O)c1ncn(CC[C@H](CO)CCO)n1. The van der Waals surface area contributed by atoms with Crippen LogP contribution in [0.3, 0.4) is 0 Å². The minimum atomic E-state index is -0.659. The molecule has 0 radical (unpaired) electrons. The Morgan fingerprint density at radius 3 is 2.75 bits per heavy atom. The van der Waals surface area contributed by atoms with Crippen LogP contribution in [0, 0.1) is 5.92 Å². The summed E-state index contributed by atoms with van der Waals surface area (Å²) in [6.45, 7) is 0.610. The highest BCUT2D eigenvalue weighted by molar-refractivity contribution is 5.88. The molecule has 0 aromatic carbocycles. The van der Waals surface area contributed by atoms with Gasteiger partial charge in [-0.05, 0) is 18.8 Å². The number of aromatic nitrogens is 3. The molecule has 0 bridgehead atoms. The summed E-state index contributed by atoms with van der Waals surface area (Å²) in [6.07, 6.45) is 2.64. The zero-order valence-electron chi connectivity index (χ0n) is 8.91. The standard InChI is InChI=1S/C9H16N4O3/c10-8(16)9-11-6-13(12-9)3-1-7(5-15)2-4-14/h6-7,14-15H,1-5H2,(H2,10,16)/t7-/m0/s1. The predicted molar refractivity (Wildman–Crippen MR) is 55.4 cm³/mol. The van der Waals surface area contributed by atoms with Gasteiger partial charge in [0.2, 0.25) is 5.82 Å². The second kappa shape index (κ2) is 6.19. The molecule has 0 aliphatic carbocycles. The lowest BCUT2D eigenvalue weighted by molar-refractivity contribution is 0.0990. The molecule has 1 aromatic rings. The van der Waals surface area contributed by atoms with Gasteiger partial charge in [0.25, 0.3) is 5.91 Å². The Balaban J connectivity index is 2.44. The molecule has 1 heterocycles. The number of aryl methyl sites for hydroxylation is 1. The number of hydrogen-bond donors (Lipinski definition) is 3. The topological polar surface area (TPSA) is 114 Å². The number of aliphatic hydroxyl groups excluding tert-OH is 2. The third kappa shape index (κ3) is 3.59. The van der Waals surface area contributed by atoms with Gasteiger partial charge in [0, 0.05) is 19.8 Å². The largest absolute Gasteiger partial charge is 0.396 e. The molecule has 0 saturated heterocycles. The molecule has 0 unspecified atom stereocenters. The molecule has 1 aromatic heterocycles. The van der Waals surface area contributed by atoms with Gasteiger partial charge in [-0.3, -0.25) is 9.48 Å². The van der Waals surface area contributed by atoms with Gasteiger partial charge in [-0.1, -0.05) is 0 Å². The first-order valence-electron chi connectivity index (χ1n) is 5.08.